The monoisotopic (exact) mass is 451 g/mol. The van der Waals surface area contributed by atoms with Crippen LogP contribution < -0.4 is 10.7 Å². The van der Waals surface area contributed by atoms with Crippen molar-refractivity contribution in [3.8, 4) is 0 Å². The number of carbonyl (C=O) groups is 1. The van der Waals surface area contributed by atoms with Crippen molar-refractivity contribution in [2.75, 3.05) is 10.7 Å². The Morgan fingerprint density at radius 2 is 1.83 bits per heavy atom. The quantitative estimate of drug-likeness (QED) is 0.601. The number of amides is 1. The predicted molar refractivity (Wildman–Crippen MR) is 122 cm³/mol. The Morgan fingerprint density at radius 1 is 1.24 bits per heavy atom. The normalized spacial score (nSPS) is 16.7. The van der Waals surface area contributed by atoms with E-state index in [1.807, 2.05) is 6.92 Å². The second kappa shape index (κ2) is 7.45. The molecule has 1 aliphatic rings. The Bertz CT molecular complexity index is 954. The maximum Gasteiger partial charge on any atom is 0.257 e. The molecule has 29 heavy (non-hydrogen) atoms. The Morgan fingerprint density at radius 3 is 2.38 bits per heavy atom. The third-order valence-corrected chi connectivity index (χ3v) is 11.2. The average Bonchev–Trinajstić information content (AvgIpc) is 2.90. The van der Waals surface area contributed by atoms with E-state index in [0.717, 1.165) is 11.3 Å². The van der Waals surface area contributed by atoms with Gasteiger partial charge in [0.1, 0.15) is 5.82 Å². The Kier molecular flexibility index (Phi) is 5.62. The van der Waals surface area contributed by atoms with Crippen molar-refractivity contribution >= 4 is 49.1 Å². The lowest BCUT2D eigenvalue weighted by atomic mass is 10.1. The molecule has 3 N–H and O–H groups in total. The number of aromatic nitrogens is 2. The molecule has 1 atom stereocenters. The van der Waals surface area contributed by atoms with E-state index in [9.17, 15) is 4.79 Å². The van der Waals surface area contributed by atoms with E-state index < -0.39 is 8.24 Å². The van der Waals surface area contributed by atoms with Gasteiger partial charge in [0.2, 0.25) is 5.95 Å². The standard InChI is InChI=1S/C20H27Cl2N5OSi/c1-11-16-12(10-27(11)18(28)15-13(21)8-7-9-14(15)22)17(25-19(23)24-16)26-29(5,6)20(2,3)4/h7-9,11H,10H2,1-6H3,(H3,23,24,25,26). The summed E-state index contributed by atoms with van der Waals surface area (Å²) in [5, 5.41) is 0.761. The van der Waals surface area contributed by atoms with Crippen LogP contribution in [0.3, 0.4) is 0 Å². The number of halogens is 2. The van der Waals surface area contributed by atoms with Crippen molar-refractivity contribution in [1.82, 2.24) is 14.9 Å². The molecule has 0 bridgehead atoms. The first-order chi connectivity index (χ1) is 13.3. The van der Waals surface area contributed by atoms with Crippen LogP contribution in [-0.2, 0) is 6.54 Å². The highest BCUT2D eigenvalue weighted by Gasteiger charge is 2.40. The number of hydrogen-bond donors (Lipinski definition) is 2. The number of nitrogens with zero attached hydrogens (tertiary/aromatic N) is 3. The minimum atomic E-state index is -1.91. The fraction of sp³-hybridized carbons (Fsp3) is 0.450. The van der Waals surface area contributed by atoms with Gasteiger partial charge < -0.3 is 15.6 Å². The molecule has 156 valence electrons. The van der Waals surface area contributed by atoms with E-state index in [1.165, 1.54) is 0 Å². The molecule has 0 aliphatic carbocycles. The molecule has 0 fully saturated rings. The summed E-state index contributed by atoms with van der Waals surface area (Å²) >= 11 is 12.5. The third-order valence-electron chi connectivity index (χ3n) is 5.99. The van der Waals surface area contributed by atoms with E-state index in [4.69, 9.17) is 28.9 Å². The van der Waals surface area contributed by atoms with E-state index >= 15 is 0 Å². The van der Waals surface area contributed by atoms with Crippen molar-refractivity contribution in [2.24, 2.45) is 0 Å². The zero-order valence-corrected chi connectivity index (χ0v) is 20.1. The van der Waals surface area contributed by atoms with Crippen molar-refractivity contribution in [2.45, 2.75) is 58.4 Å². The van der Waals surface area contributed by atoms with Crippen LogP contribution in [0.4, 0.5) is 11.8 Å². The molecule has 1 aliphatic heterocycles. The number of fused-ring (bicyclic) bond motifs is 1. The van der Waals surface area contributed by atoms with Gasteiger partial charge in [0.25, 0.3) is 5.91 Å². The zero-order chi connectivity index (χ0) is 21.7. The fourth-order valence-electron chi connectivity index (χ4n) is 3.16. The number of anilines is 2. The number of rotatable bonds is 3. The third kappa shape index (κ3) is 3.95. The van der Waals surface area contributed by atoms with Crippen LogP contribution in [0, 0.1) is 0 Å². The summed E-state index contributed by atoms with van der Waals surface area (Å²) in [4.78, 5) is 27.6. The zero-order valence-electron chi connectivity index (χ0n) is 17.6. The lowest BCUT2D eigenvalue weighted by molar-refractivity contribution is 0.0704. The number of nitrogens with two attached hydrogens (primary N) is 1. The first-order valence-electron chi connectivity index (χ1n) is 9.53. The number of hydrogen-bond acceptors (Lipinski definition) is 5. The fourth-order valence-corrected chi connectivity index (χ4v) is 4.89. The summed E-state index contributed by atoms with van der Waals surface area (Å²) in [5.74, 6) is 0.677. The molecule has 3 rings (SSSR count). The molecular formula is C20H27Cl2N5OSi. The molecule has 1 amide bonds. The second-order valence-corrected chi connectivity index (χ2v) is 14.8. The van der Waals surface area contributed by atoms with Gasteiger partial charge in [0.05, 0.1) is 33.9 Å². The van der Waals surface area contributed by atoms with Gasteiger partial charge in [-0.1, -0.05) is 63.1 Å². The SMILES string of the molecule is CC1c2nc(N)nc(N[Si](C)(C)C(C)(C)C)c2CN1C(=O)c1c(Cl)cccc1Cl. The molecule has 1 aromatic heterocycles. The van der Waals surface area contributed by atoms with Gasteiger partial charge in [-0.2, -0.15) is 4.98 Å². The molecule has 1 unspecified atom stereocenters. The van der Waals surface area contributed by atoms with Crippen LogP contribution in [0.1, 0.15) is 55.4 Å². The highest BCUT2D eigenvalue weighted by Crippen LogP contribution is 2.41. The molecule has 9 heteroatoms. The number of nitrogen functional groups attached to an aromatic ring is 1. The molecule has 0 spiro atoms. The first-order valence-corrected chi connectivity index (χ1v) is 13.3. The summed E-state index contributed by atoms with van der Waals surface area (Å²) in [5.41, 5.74) is 7.97. The van der Waals surface area contributed by atoms with Crippen molar-refractivity contribution in [1.29, 1.82) is 0 Å². The van der Waals surface area contributed by atoms with Gasteiger partial charge in [0, 0.05) is 5.56 Å². The Hall–Kier alpha value is -1.83. The van der Waals surface area contributed by atoms with Gasteiger partial charge in [-0.25, -0.2) is 4.98 Å². The minimum absolute atomic E-state index is 0.102. The molecule has 1 aromatic carbocycles. The summed E-state index contributed by atoms with van der Waals surface area (Å²) in [6.45, 7) is 13.5. The highest BCUT2D eigenvalue weighted by molar-refractivity contribution is 6.83. The number of nitrogens with one attached hydrogen (secondary N) is 1. The second-order valence-electron chi connectivity index (χ2n) is 9.00. The lowest BCUT2D eigenvalue weighted by Crippen LogP contribution is -2.46. The Labute approximate surface area is 182 Å². The van der Waals surface area contributed by atoms with E-state index in [1.54, 1.807) is 23.1 Å². The first kappa shape index (κ1) is 21.9. The number of carbonyl (C=O) groups excluding carboxylic acids is 1. The molecule has 2 heterocycles. The van der Waals surface area contributed by atoms with E-state index in [0.29, 0.717) is 28.0 Å². The van der Waals surface area contributed by atoms with E-state index in [-0.39, 0.29) is 22.9 Å². The summed E-state index contributed by atoms with van der Waals surface area (Å²) < 4.78 is 0. The van der Waals surface area contributed by atoms with Crippen LogP contribution in [0.25, 0.3) is 0 Å². The van der Waals surface area contributed by atoms with E-state index in [2.05, 4.69) is 48.8 Å². The van der Waals surface area contributed by atoms with Crippen LogP contribution >= 0.6 is 23.2 Å². The predicted octanol–water partition coefficient (Wildman–Crippen LogP) is 5.50. The van der Waals surface area contributed by atoms with Gasteiger partial charge in [-0.15, -0.1) is 0 Å². The van der Waals surface area contributed by atoms with Crippen molar-refractivity contribution < 1.29 is 4.79 Å². The summed E-state index contributed by atoms with van der Waals surface area (Å²) in [7, 11) is -1.91. The highest BCUT2D eigenvalue weighted by atomic mass is 35.5. The summed E-state index contributed by atoms with van der Waals surface area (Å²) in [6, 6.07) is 4.78. The molecule has 2 aromatic rings. The maximum atomic E-state index is 13.3. The molecule has 6 nitrogen and oxygen atoms in total. The largest absolute Gasteiger partial charge is 0.395 e. The van der Waals surface area contributed by atoms with Crippen LogP contribution in [0.15, 0.2) is 18.2 Å². The van der Waals surface area contributed by atoms with Crippen LogP contribution in [0.2, 0.25) is 28.2 Å². The molecular weight excluding hydrogens is 425 g/mol. The maximum absolute atomic E-state index is 13.3. The molecule has 0 radical (unpaired) electrons. The van der Waals surface area contributed by atoms with Gasteiger partial charge >= 0.3 is 0 Å². The van der Waals surface area contributed by atoms with Crippen molar-refractivity contribution in [3.05, 3.63) is 45.1 Å². The van der Waals surface area contributed by atoms with Crippen molar-refractivity contribution in [3.63, 3.8) is 0 Å². The number of benzene rings is 1. The van der Waals surface area contributed by atoms with Gasteiger partial charge in [-0.05, 0) is 24.1 Å². The molecule has 0 saturated heterocycles. The lowest BCUT2D eigenvalue weighted by Gasteiger charge is -2.38. The minimum Gasteiger partial charge on any atom is -0.395 e. The summed E-state index contributed by atoms with van der Waals surface area (Å²) in [6.07, 6.45) is 0. The molecule has 0 saturated carbocycles. The van der Waals surface area contributed by atoms with Crippen LogP contribution in [-0.4, -0.2) is 29.0 Å². The topological polar surface area (TPSA) is 84.1 Å². The van der Waals surface area contributed by atoms with Crippen LogP contribution in [0.5, 0.6) is 0 Å². The average molecular weight is 452 g/mol. The Balaban J connectivity index is 2.01. The smallest absolute Gasteiger partial charge is 0.257 e. The van der Waals surface area contributed by atoms with Gasteiger partial charge in [-0.3, -0.25) is 4.79 Å². The van der Waals surface area contributed by atoms with Gasteiger partial charge in [0.15, 0.2) is 8.24 Å².